The monoisotopic (exact) mass is 207 g/mol. The number of aliphatic hydroxyl groups is 1. The first-order chi connectivity index (χ1) is 7.06. The Balaban J connectivity index is 2.67. The predicted molar refractivity (Wildman–Crippen MR) is 63.9 cm³/mol. The summed E-state index contributed by atoms with van der Waals surface area (Å²) < 4.78 is 0. The van der Waals surface area contributed by atoms with Crippen LogP contribution in [0.4, 0.5) is 0 Å². The standard InChI is InChI=1S/C13H21NO/c1-4-14-9-8-13(3,15)12-7-5-6-11(2)10-12/h5-7,10,14-15H,4,8-9H2,1-3H3. The van der Waals surface area contributed by atoms with Crippen LogP contribution in [0.2, 0.25) is 0 Å². The molecule has 2 heteroatoms. The van der Waals surface area contributed by atoms with E-state index in [4.69, 9.17) is 0 Å². The van der Waals surface area contributed by atoms with Gasteiger partial charge in [-0.2, -0.15) is 0 Å². The molecule has 15 heavy (non-hydrogen) atoms. The fourth-order valence-electron chi connectivity index (χ4n) is 1.63. The smallest absolute Gasteiger partial charge is 0.0880 e. The molecule has 0 aliphatic carbocycles. The average molecular weight is 207 g/mol. The normalized spacial score (nSPS) is 14.9. The van der Waals surface area contributed by atoms with Crippen molar-refractivity contribution < 1.29 is 5.11 Å². The van der Waals surface area contributed by atoms with Crippen LogP contribution in [0.5, 0.6) is 0 Å². The van der Waals surface area contributed by atoms with E-state index < -0.39 is 5.60 Å². The number of hydrogen-bond acceptors (Lipinski definition) is 2. The minimum absolute atomic E-state index is 0.728. The quantitative estimate of drug-likeness (QED) is 0.725. The van der Waals surface area contributed by atoms with E-state index in [9.17, 15) is 5.11 Å². The highest BCUT2D eigenvalue weighted by molar-refractivity contribution is 5.26. The topological polar surface area (TPSA) is 32.3 Å². The molecule has 0 fully saturated rings. The molecule has 2 N–H and O–H groups in total. The maximum absolute atomic E-state index is 10.3. The average Bonchev–Trinajstić information content (AvgIpc) is 2.18. The Morgan fingerprint density at radius 2 is 2.13 bits per heavy atom. The van der Waals surface area contributed by atoms with Gasteiger partial charge in [-0.1, -0.05) is 36.8 Å². The van der Waals surface area contributed by atoms with Crippen LogP contribution < -0.4 is 5.32 Å². The third-order valence-corrected chi connectivity index (χ3v) is 2.68. The molecule has 0 aromatic heterocycles. The van der Waals surface area contributed by atoms with Crippen LogP contribution in [0.1, 0.15) is 31.4 Å². The zero-order valence-electron chi connectivity index (χ0n) is 9.88. The van der Waals surface area contributed by atoms with Gasteiger partial charge >= 0.3 is 0 Å². The molecule has 1 aromatic carbocycles. The van der Waals surface area contributed by atoms with E-state index in [1.54, 1.807) is 0 Å². The van der Waals surface area contributed by atoms with Gasteiger partial charge in [0, 0.05) is 0 Å². The second-order valence-electron chi connectivity index (χ2n) is 4.25. The van der Waals surface area contributed by atoms with E-state index in [2.05, 4.69) is 12.2 Å². The Hall–Kier alpha value is -0.860. The molecule has 1 rings (SSSR count). The van der Waals surface area contributed by atoms with Crippen LogP contribution in [0, 0.1) is 6.92 Å². The SMILES string of the molecule is CCNCCC(C)(O)c1cccc(C)c1. The summed E-state index contributed by atoms with van der Waals surface area (Å²) in [6.07, 6.45) is 0.740. The lowest BCUT2D eigenvalue weighted by Gasteiger charge is -2.24. The fraction of sp³-hybridized carbons (Fsp3) is 0.538. The minimum atomic E-state index is -0.728. The van der Waals surface area contributed by atoms with Gasteiger partial charge in [-0.3, -0.25) is 0 Å². The van der Waals surface area contributed by atoms with Crippen molar-refractivity contribution in [2.24, 2.45) is 0 Å². The summed E-state index contributed by atoms with van der Waals surface area (Å²) in [6, 6.07) is 8.07. The fourth-order valence-corrected chi connectivity index (χ4v) is 1.63. The van der Waals surface area contributed by atoms with E-state index in [1.807, 2.05) is 38.1 Å². The summed E-state index contributed by atoms with van der Waals surface area (Å²) in [5, 5.41) is 13.5. The molecule has 0 radical (unpaired) electrons. The Morgan fingerprint density at radius 3 is 2.73 bits per heavy atom. The number of rotatable bonds is 5. The van der Waals surface area contributed by atoms with Gasteiger partial charge in [-0.15, -0.1) is 0 Å². The molecule has 0 saturated heterocycles. The maximum atomic E-state index is 10.3. The third-order valence-electron chi connectivity index (χ3n) is 2.68. The van der Waals surface area contributed by atoms with Gasteiger partial charge in [-0.25, -0.2) is 0 Å². The van der Waals surface area contributed by atoms with E-state index >= 15 is 0 Å². The van der Waals surface area contributed by atoms with Crippen LogP contribution in [-0.4, -0.2) is 18.2 Å². The van der Waals surface area contributed by atoms with Crippen molar-refractivity contribution in [3.05, 3.63) is 35.4 Å². The number of aryl methyl sites for hydroxylation is 1. The van der Waals surface area contributed by atoms with Gasteiger partial charge in [0.05, 0.1) is 5.60 Å². The number of benzene rings is 1. The van der Waals surface area contributed by atoms with Crippen LogP contribution in [0.25, 0.3) is 0 Å². The van der Waals surface area contributed by atoms with Gasteiger partial charge in [0.1, 0.15) is 0 Å². The lowest BCUT2D eigenvalue weighted by molar-refractivity contribution is 0.0481. The molecule has 1 unspecified atom stereocenters. The molecule has 0 amide bonds. The molecular formula is C13H21NO. The molecular weight excluding hydrogens is 186 g/mol. The first kappa shape index (κ1) is 12.2. The van der Waals surface area contributed by atoms with Crippen molar-refractivity contribution in [1.29, 1.82) is 0 Å². The molecule has 0 spiro atoms. The van der Waals surface area contributed by atoms with Gasteiger partial charge in [0.2, 0.25) is 0 Å². The van der Waals surface area contributed by atoms with Crippen molar-refractivity contribution in [1.82, 2.24) is 5.32 Å². The Bertz CT molecular complexity index is 307. The Labute approximate surface area is 92.3 Å². The summed E-state index contributed by atoms with van der Waals surface area (Å²) in [7, 11) is 0. The van der Waals surface area contributed by atoms with Crippen molar-refractivity contribution in [2.75, 3.05) is 13.1 Å². The van der Waals surface area contributed by atoms with Crippen molar-refractivity contribution >= 4 is 0 Å². The van der Waals surface area contributed by atoms with Crippen LogP contribution >= 0.6 is 0 Å². The van der Waals surface area contributed by atoms with E-state index in [1.165, 1.54) is 5.56 Å². The highest BCUT2D eigenvalue weighted by atomic mass is 16.3. The predicted octanol–water partition coefficient (Wildman–Crippen LogP) is 2.20. The second-order valence-corrected chi connectivity index (χ2v) is 4.25. The highest BCUT2D eigenvalue weighted by Gasteiger charge is 2.21. The first-order valence-corrected chi connectivity index (χ1v) is 5.56. The Kier molecular flexibility index (Phi) is 4.30. The summed E-state index contributed by atoms with van der Waals surface area (Å²) in [4.78, 5) is 0. The lowest BCUT2D eigenvalue weighted by Crippen LogP contribution is -2.27. The van der Waals surface area contributed by atoms with Gasteiger partial charge in [-0.05, 0) is 38.9 Å². The van der Waals surface area contributed by atoms with Crippen molar-refractivity contribution in [3.63, 3.8) is 0 Å². The molecule has 0 saturated carbocycles. The molecule has 2 nitrogen and oxygen atoms in total. The molecule has 0 aliphatic rings. The van der Waals surface area contributed by atoms with E-state index in [0.717, 1.165) is 25.1 Å². The second kappa shape index (κ2) is 5.29. The van der Waals surface area contributed by atoms with Crippen LogP contribution in [0.3, 0.4) is 0 Å². The molecule has 1 atom stereocenters. The minimum Gasteiger partial charge on any atom is -0.385 e. The van der Waals surface area contributed by atoms with Gasteiger partial charge < -0.3 is 10.4 Å². The van der Waals surface area contributed by atoms with E-state index in [-0.39, 0.29) is 0 Å². The largest absolute Gasteiger partial charge is 0.385 e. The molecule has 0 aliphatic heterocycles. The summed E-state index contributed by atoms with van der Waals surface area (Å²) in [5.41, 5.74) is 1.46. The van der Waals surface area contributed by atoms with Crippen molar-refractivity contribution in [3.8, 4) is 0 Å². The van der Waals surface area contributed by atoms with Crippen LogP contribution in [0.15, 0.2) is 24.3 Å². The van der Waals surface area contributed by atoms with Crippen molar-refractivity contribution in [2.45, 2.75) is 32.8 Å². The van der Waals surface area contributed by atoms with Gasteiger partial charge in [0.15, 0.2) is 0 Å². The molecule has 0 bridgehead atoms. The van der Waals surface area contributed by atoms with Crippen LogP contribution in [-0.2, 0) is 5.60 Å². The third kappa shape index (κ3) is 3.65. The molecule has 84 valence electrons. The zero-order valence-corrected chi connectivity index (χ0v) is 9.88. The highest BCUT2D eigenvalue weighted by Crippen LogP contribution is 2.24. The Morgan fingerprint density at radius 1 is 1.40 bits per heavy atom. The molecule has 0 heterocycles. The molecule has 1 aromatic rings. The number of hydrogen-bond donors (Lipinski definition) is 2. The summed E-state index contributed by atoms with van der Waals surface area (Å²) in [5.74, 6) is 0. The van der Waals surface area contributed by atoms with Gasteiger partial charge in [0.25, 0.3) is 0 Å². The zero-order chi connectivity index (χ0) is 11.3. The lowest BCUT2D eigenvalue weighted by atomic mass is 9.91. The maximum Gasteiger partial charge on any atom is 0.0880 e. The summed E-state index contributed by atoms with van der Waals surface area (Å²) >= 11 is 0. The summed E-state index contributed by atoms with van der Waals surface area (Å²) in [6.45, 7) is 7.78. The van der Waals surface area contributed by atoms with E-state index in [0.29, 0.717) is 0 Å². The first-order valence-electron chi connectivity index (χ1n) is 5.56. The number of nitrogens with one attached hydrogen (secondary N) is 1.